The third kappa shape index (κ3) is 2.67. The van der Waals surface area contributed by atoms with Crippen LogP contribution in [0.25, 0.3) is 0 Å². The Morgan fingerprint density at radius 1 is 0.700 bits per heavy atom. The van der Waals surface area contributed by atoms with E-state index < -0.39 is 0 Å². The highest BCUT2D eigenvalue weighted by Gasteiger charge is 2.16. The number of hydrogen-bond donors (Lipinski definition) is 0. The van der Waals surface area contributed by atoms with Crippen LogP contribution in [0.3, 0.4) is 0 Å². The lowest BCUT2D eigenvalue weighted by atomic mass is 10.3. The molecule has 0 atom stereocenters. The molecular formula is C8H22NO+. The van der Waals surface area contributed by atoms with E-state index in [9.17, 15) is 0 Å². The second-order valence-corrected chi connectivity index (χ2v) is 2.61. The first-order chi connectivity index (χ1) is 4.24. The first kappa shape index (κ1) is 12.6. The molecule has 0 radical (unpaired) electrons. The van der Waals surface area contributed by atoms with Gasteiger partial charge in [-0.3, -0.25) is 0 Å². The Morgan fingerprint density at radius 2 is 0.900 bits per heavy atom. The first-order valence-electron chi connectivity index (χ1n) is 4.09. The van der Waals surface area contributed by atoms with Gasteiger partial charge in [0.1, 0.15) is 0 Å². The number of rotatable bonds is 4. The minimum atomic E-state index is 0. The number of quaternary nitrogens is 1. The molecule has 0 aromatic heterocycles. The average molecular weight is 148 g/mol. The van der Waals surface area contributed by atoms with Gasteiger partial charge in [0.2, 0.25) is 0 Å². The normalized spacial score (nSPS) is 10.8. The van der Waals surface area contributed by atoms with Gasteiger partial charge < -0.3 is 9.96 Å². The summed E-state index contributed by atoms with van der Waals surface area (Å²) in [6.45, 7) is 14.2. The van der Waals surface area contributed by atoms with E-state index in [-0.39, 0.29) is 5.48 Å². The summed E-state index contributed by atoms with van der Waals surface area (Å²) in [6.07, 6.45) is 0. The van der Waals surface area contributed by atoms with Crippen molar-refractivity contribution in [3.63, 3.8) is 0 Å². The van der Waals surface area contributed by atoms with Crippen molar-refractivity contribution in [2.45, 2.75) is 27.7 Å². The van der Waals surface area contributed by atoms with E-state index in [0.717, 1.165) is 0 Å². The highest BCUT2D eigenvalue weighted by Crippen LogP contribution is 2.03. The van der Waals surface area contributed by atoms with Crippen LogP contribution < -0.4 is 0 Å². The van der Waals surface area contributed by atoms with Crippen LogP contribution in [-0.2, 0) is 0 Å². The summed E-state index contributed by atoms with van der Waals surface area (Å²) in [7, 11) is 0. The lowest BCUT2D eigenvalue weighted by Gasteiger charge is -2.34. The molecule has 0 aliphatic carbocycles. The summed E-state index contributed by atoms with van der Waals surface area (Å²) < 4.78 is 1.28. The van der Waals surface area contributed by atoms with Crippen molar-refractivity contribution < 1.29 is 9.96 Å². The van der Waals surface area contributed by atoms with E-state index in [1.807, 2.05) is 0 Å². The molecule has 64 valence electrons. The van der Waals surface area contributed by atoms with Gasteiger partial charge in [0.15, 0.2) is 0 Å². The number of hydrogen-bond acceptors (Lipinski definition) is 0. The van der Waals surface area contributed by atoms with Crippen LogP contribution >= 0.6 is 0 Å². The van der Waals surface area contributed by atoms with Crippen molar-refractivity contribution in [3.05, 3.63) is 0 Å². The highest BCUT2D eigenvalue weighted by atomic mass is 16.0. The molecule has 10 heavy (non-hydrogen) atoms. The van der Waals surface area contributed by atoms with E-state index in [4.69, 9.17) is 0 Å². The van der Waals surface area contributed by atoms with Gasteiger partial charge in [-0.05, 0) is 27.7 Å². The molecule has 0 saturated carbocycles. The van der Waals surface area contributed by atoms with Gasteiger partial charge in [0.05, 0.1) is 26.2 Å². The van der Waals surface area contributed by atoms with Crippen molar-refractivity contribution in [1.82, 2.24) is 0 Å². The zero-order valence-corrected chi connectivity index (χ0v) is 7.78. The Labute approximate surface area is 64.7 Å². The summed E-state index contributed by atoms with van der Waals surface area (Å²) in [6, 6.07) is 0. The Hall–Kier alpha value is -0.0800. The average Bonchev–Trinajstić information content (AvgIpc) is 1.95. The van der Waals surface area contributed by atoms with Crippen LogP contribution in [0.1, 0.15) is 27.7 Å². The Kier molecular flexibility index (Phi) is 7.15. The fraction of sp³-hybridized carbons (Fsp3) is 1.00. The van der Waals surface area contributed by atoms with Crippen molar-refractivity contribution in [2.24, 2.45) is 0 Å². The van der Waals surface area contributed by atoms with Gasteiger partial charge >= 0.3 is 0 Å². The molecular weight excluding hydrogens is 126 g/mol. The van der Waals surface area contributed by atoms with Crippen molar-refractivity contribution in [1.29, 1.82) is 0 Å². The van der Waals surface area contributed by atoms with Crippen molar-refractivity contribution in [3.8, 4) is 0 Å². The minimum absolute atomic E-state index is 0. The van der Waals surface area contributed by atoms with Crippen LogP contribution in [0.2, 0.25) is 0 Å². The largest absolute Gasteiger partial charge is 0.412 e. The van der Waals surface area contributed by atoms with Crippen LogP contribution in [0, 0.1) is 0 Å². The molecule has 0 fully saturated rings. The monoisotopic (exact) mass is 148 g/mol. The molecule has 0 heterocycles. The third-order valence-corrected chi connectivity index (χ3v) is 2.68. The molecule has 0 amide bonds. The van der Waals surface area contributed by atoms with E-state index in [0.29, 0.717) is 0 Å². The van der Waals surface area contributed by atoms with E-state index in [1.165, 1.54) is 30.7 Å². The fourth-order valence-electron chi connectivity index (χ4n) is 1.34. The van der Waals surface area contributed by atoms with Gasteiger partial charge in [-0.2, -0.15) is 0 Å². The maximum atomic E-state index is 2.27. The zero-order chi connectivity index (χ0) is 7.33. The summed E-state index contributed by atoms with van der Waals surface area (Å²) >= 11 is 0. The van der Waals surface area contributed by atoms with Crippen molar-refractivity contribution >= 4 is 0 Å². The lowest BCUT2D eigenvalue weighted by molar-refractivity contribution is -0.921. The molecule has 0 aromatic carbocycles. The standard InChI is InChI=1S/C8H20N.H2O/c1-5-9(6-2,7-3)8-4;/h5-8H2,1-4H3;1H2/q+1;. The minimum Gasteiger partial charge on any atom is -0.412 e. The van der Waals surface area contributed by atoms with Gasteiger partial charge in [-0.1, -0.05) is 0 Å². The van der Waals surface area contributed by atoms with Crippen LogP contribution in [0.5, 0.6) is 0 Å². The van der Waals surface area contributed by atoms with Crippen LogP contribution in [-0.4, -0.2) is 36.1 Å². The molecule has 0 unspecified atom stereocenters. The van der Waals surface area contributed by atoms with Gasteiger partial charge in [0.25, 0.3) is 0 Å². The Morgan fingerprint density at radius 3 is 0.900 bits per heavy atom. The summed E-state index contributed by atoms with van der Waals surface area (Å²) in [5, 5.41) is 0. The topological polar surface area (TPSA) is 31.5 Å². The molecule has 0 aliphatic heterocycles. The summed E-state index contributed by atoms with van der Waals surface area (Å²) in [5.74, 6) is 0. The fourth-order valence-corrected chi connectivity index (χ4v) is 1.34. The van der Waals surface area contributed by atoms with Crippen molar-refractivity contribution in [2.75, 3.05) is 26.2 Å². The molecule has 0 aromatic rings. The van der Waals surface area contributed by atoms with E-state index in [1.54, 1.807) is 0 Å². The molecule has 0 saturated heterocycles. The smallest absolute Gasteiger partial charge is 0.0757 e. The lowest BCUT2D eigenvalue weighted by Crippen LogP contribution is -2.47. The second-order valence-electron chi connectivity index (χ2n) is 2.61. The maximum Gasteiger partial charge on any atom is 0.0757 e. The Bertz CT molecular complexity index is 52.1. The Balaban J connectivity index is 0. The van der Waals surface area contributed by atoms with E-state index >= 15 is 0 Å². The predicted molar refractivity (Wildman–Crippen MR) is 46.0 cm³/mol. The van der Waals surface area contributed by atoms with Gasteiger partial charge in [-0.15, -0.1) is 0 Å². The summed E-state index contributed by atoms with van der Waals surface area (Å²) in [5.41, 5.74) is 0. The van der Waals surface area contributed by atoms with E-state index in [2.05, 4.69) is 27.7 Å². The predicted octanol–water partition coefficient (Wildman–Crippen LogP) is 1.06. The molecule has 0 aliphatic rings. The molecule has 0 rings (SSSR count). The quantitative estimate of drug-likeness (QED) is 0.534. The molecule has 0 spiro atoms. The molecule has 0 bridgehead atoms. The third-order valence-electron chi connectivity index (χ3n) is 2.68. The van der Waals surface area contributed by atoms with Gasteiger partial charge in [-0.25, -0.2) is 0 Å². The summed E-state index contributed by atoms with van der Waals surface area (Å²) in [4.78, 5) is 0. The second kappa shape index (κ2) is 5.69. The van der Waals surface area contributed by atoms with Gasteiger partial charge in [0, 0.05) is 0 Å². The zero-order valence-electron chi connectivity index (χ0n) is 7.78. The van der Waals surface area contributed by atoms with Crippen LogP contribution in [0.15, 0.2) is 0 Å². The SMILES string of the molecule is CC[N+](CC)(CC)CC.O. The first-order valence-corrected chi connectivity index (χ1v) is 4.09. The molecule has 2 N–H and O–H groups in total. The number of nitrogens with zero attached hydrogens (tertiary/aromatic N) is 1. The molecule has 2 nitrogen and oxygen atoms in total. The maximum absolute atomic E-state index is 2.27. The highest BCUT2D eigenvalue weighted by molar-refractivity contribution is 4.31. The molecule has 2 heteroatoms. The van der Waals surface area contributed by atoms with Crippen LogP contribution in [0.4, 0.5) is 0 Å².